The Morgan fingerprint density at radius 2 is 1.10 bits per heavy atom. The summed E-state index contributed by atoms with van der Waals surface area (Å²) in [6.07, 6.45) is 0. The SMILES string of the molecule is Cc1cccc([Si](C)(C)C)c1/C(=C(/c1ccccc1)[Si](C)(C)C)c1ccccc1. The molecule has 0 aliphatic carbocycles. The van der Waals surface area contributed by atoms with Gasteiger partial charge in [-0.3, -0.25) is 0 Å². The van der Waals surface area contributed by atoms with E-state index in [-0.39, 0.29) is 0 Å². The van der Waals surface area contributed by atoms with Crippen LogP contribution in [0.5, 0.6) is 0 Å². The quantitative estimate of drug-likeness (QED) is 0.302. The van der Waals surface area contributed by atoms with E-state index in [4.69, 9.17) is 0 Å². The number of rotatable bonds is 5. The van der Waals surface area contributed by atoms with Crippen LogP contribution in [-0.2, 0) is 0 Å². The standard InChI is InChI=1S/C27H34Si2/c1-21-15-14-20-24(28(2,3)4)25(21)26(22-16-10-8-11-17-22)27(29(5,6)7)23-18-12-9-13-19-23/h8-20H,1-7H3/b27-26-. The minimum Gasteiger partial charge on any atom is -0.0656 e. The molecular weight excluding hydrogens is 380 g/mol. The number of hydrogen-bond donors (Lipinski definition) is 0. The van der Waals surface area contributed by atoms with Gasteiger partial charge in [0.2, 0.25) is 0 Å². The zero-order valence-corrected chi connectivity index (χ0v) is 21.0. The third-order valence-electron chi connectivity index (χ3n) is 5.46. The van der Waals surface area contributed by atoms with E-state index in [0.29, 0.717) is 0 Å². The van der Waals surface area contributed by atoms with Gasteiger partial charge in [-0.2, -0.15) is 0 Å². The minimum absolute atomic E-state index is 1.34. The summed E-state index contributed by atoms with van der Waals surface area (Å²) in [5.74, 6) is 0. The van der Waals surface area contributed by atoms with Crippen molar-refractivity contribution in [3.63, 3.8) is 0 Å². The molecule has 0 unspecified atom stereocenters. The summed E-state index contributed by atoms with van der Waals surface area (Å²) in [5, 5.41) is 3.11. The fourth-order valence-electron chi connectivity index (χ4n) is 4.20. The first-order chi connectivity index (χ1) is 13.6. The molecule has 0 aliphatic rings. The highest BCUT2D eigenvalue weighted by atomic mass is 28.3. The van der Waals surface area contributed by atoms with Crippen LogP contribution in [-0.4, -0.2) is 16.1 Å². The first-order valence-electron chi connectivity index (χ1n) is 10.6. The summed E-state index contributed by atoms with van der Waals surface area (Å²) in [5.41, 5.74) is 7.01. The normalized spacial score (nSPS) is 13.2. The third-order valence-corrected chi connectivity index (χ3v) is 9.53. The van der Waals surface area contributed by atoms with Crippen LogP contribution in [0.15, 0.2) is 78.9 Å². The number of aryl methyl sites for hydroxylation is 1. The predicted octanol–water partition coefficient (Wildman–Crippen LogP) is 7.38. The largest absolute Gasteiger partial charge is 0.0792 e. The van der Waals surface area contributed by atoms with Crippen LogP contribution < -0.4 is 5.19 Å². The molecule has 3 aromatic carbocycles. The second-order valence-corrected chi connectivity index (χ2v) is 20.0. The molecule has 0 N–H and O–H groups in total. The van der Waals surface area contributed by atoms with E-state index in [9.17, 15) is 0 Å². The maximum atomic E-state index is 2.48. The van der Waals surface area contributed by atoms with Crippen molar-refractivity contribution in [1.82, 2.24) is 0 Å². The van der Waals surface area contributed by atoms with Crippen LogP contribution in [0.25, 0.3) is 10.8 Å². The van der Waals surface area contributed by atoms with Crippen molar-refractivity contribution >= 4 is 32.1 Å². The van der Waals surface area contributed by atoms with Gasteiger partial charge in [-0.1, -0.05) is 123 Å². The lowest BCUT2D eigenvalue weighted by molar-refractivity contribution is 1.42. The summed E-state index contributed by atoms with van der Waals surface area (Å²) in [6.45, 7) is 17.1. The van der Waals surface area contributed by atoms with Gasteiger partial charge >= 0.3 is 0 Å². The molecule has 0 aliphatic heterocycles. The fourth-order valence-corrected chi connectivity index (χ4v) is 7.92. The zero-order valence-electron chi connectivity index (χ0n) is 19.0. The summed E-state index contributed by atoms with van der Waals surface area (Å²) >= 11 is 0. The Morgan fingerprint density at radius 3 is 1.59 bits per heavy atom. The number of benzene rings is 3. The number of hydrogen-bond acceptors (Lipinski definition) is 0. The van der Waals surface area contributed by atoms with Crippen molar-refractivity contribution in [2.24, 2.45) is 0 Å². The van der Waals surface area contributed by atoms with Crippen molar-refractivity contribution in [3.8, 4) is 0 Å². The molecule has 0 heterocycles. The van der Waals surface area contributed by atoms with Crippen molar-refractivity contribution in [2.45, 2.75) is 46.2 Å². The molecule has 150 valence electrons. The van der Waals surface area contributed by atoms with Gasteiger partial charge < -0.3 is 0 Å². The van der Waals surface area contributed by atoms with E-state index >= 15 is 0 Å². The molecule has 2 heteroatoms. The first-order valence-corrected chi connectivity index (χ1v) is 17.6. The smallest absolute Gasteiger partial charge is 0.0656 e. The van der Waals surface area contributed by atoms with Gasteiger partial charge in [-0.25, -0.2) is 0 Å². The lowest BCUT2D eigenvalue weighted by Crippen LogP contribution is -2.41. The second kappa shape index (κ2) is 8.29. The van der Waals surface area contributed by atoms with Crippen molar-refractivity contribution < 1.29 is 0 Å². The molecule has 3 rings (SSSR count). The van der Waals surface area contributed by atoms with Crippen LogP contribution in [0.4, 0.5) is 0 Å². The van der Waals surface area contributed by atoms with E-state index in [2.05, 4.69) is 125 Å². The molecule has 0 atom stereocenters. The average molecular weight is 415 g/mol. The molecule has 0 saturated carbocycles. The Bertz CT molecular complexity index is 1000. The Labute approximate surface area is 179 Å². The molecule has 0 spiro atoms. The van der Waals surface area contributed by atoms with Gasteiger partial charge in [0, 0.05) is 0 Å². The topological polar surface area (TPSA) is 0 Å². The van der Waals surface area contributed by atoms with Crippen molar-refractivity contribution in [2.75, 3.05) is 0 Å². The highest BCUT2D eigenvalue weighted by Gasteiger charge is 2.30. The molecule has 0 aromatic heterocycles. The fraction of sp³-hybridized carbons (Fsp3) is 0.259. The lowest BCUT2D eigenvalue weighted by atomic mass is 9.92. The molecule has 0 amide bonds. The Morgan fingerprint density at radius 1 is 0.586 bits per heavy atom. The van der Waals surface area contributed by atoms with Gasteiger partial charge in [0.25, 0.3) is 0 Å². The Hall–Kier alpha value is -2.17. The van der Waals surface area contributed by atoms with E-state index in [0.717, 1.165) is 0 Å². The predicted molar refractivity (Wildman–Crippen MR) is 136 cm³/mol. The summed E-state index contributed by atoms with van der Waals surface area (Å²) < 4.78 is 0. The Balaban J connectivity index is 2.53. The Kier molecular flexibility index (Phi) is 6.16. The van der Waals surface area contributed by atoms with Crippen molar-refractivity contribution in [3.05, 3.63) is 101 Å². The van der Waals surface area contributed by atoms with Gasteiger partial charge in [-0.15, -0.1) is 0 Å². The van der Waals surface area contributed by atoms with E-state index < -0.39 is 16.1 Å². The van der Waals surface area contributed by atoms with E-state index in [1.807, 2.05) is 0 Å². The van der Waals surface area contributed by atoms with Gasteiger partial charge in [0.15, 0.2) is 0 Å². The van der Waals surface area contributed by atoms with Crippen LogP contribution >= 0.6 is 0 Å². The van der Waals surface area contributed by atoms with Crippen LogP contribution in [0.1, 0.15) is 22.3 Å². The minimum atomic E-state index is -1.67. The molecule has 0 fully saturated rings. The van der Waals surface area contributed by atoms with Crippen molar-refractivity contribution in [1.29, 1.82) is 0 Å². The second-order valence-electron chi connectivity index (χ2n) is 9.98. The molecular formula is C27H34Si2. The molecule has 0 nitrogen and oxygen atoms in total. The van der Waals surface area contributed by atoms with Crippen LogP contribution in [0, 0.1) is 6.92 Å². The third kappa shape index (κ3) is 4.71. The average Bonchev–Trinajstić information content (AvgIpc) is 2.66. The molecule has 29 heavy (non-hydrogen) atoms. The first kappa shape index (κ1) is 21.5. The van der Waals surface area contributed by atoms with Gasteiger partial charge in [0.1, 0.15) is 0 Å². The zero-order chi connectivity index (χ0) is 21.2. The van der Waals surface area contributed by atoms with Gasteiger partial charge in [0.05, 0.1) is 16.1 Å². The molecule has 3 aromatic rings. The van der Waals surface area contributed by atoms with Crippen LogP contribution in [0.3, 0.4) is 0 Å². The molecule has 0 bridgehead atoms. The van der Waals surface area contributed by atoms with E-state index in [1.54, 1.807) is 10.4 Å². The van der Waals surface area contributed by atoms with E-state index in [1.165, 1.54) is 27.8 Å². The summed E-state index contributed by atoms with van der Waals surface area (Å²) in [4.78, 5) is 0. The maximum Gasteiger partial charge on any atom is 0.0792 e. The maximum absolute atomic E-state index is 2.48. The highest BCUT2D eigenvalue weighted by molar-refractivity contribution is 6.95. The van der Waals surface area contributed by atoms with Crippen LogP contribution in [0.2, 0.25) is 39.3 Å². The summed E-state index contributed by atoms with van der Waals surface area (Å²) in [6, 6.07) is 29.0. The molecule has 0 radical (unpaired) electrons. The molecule has 0 saturated heterocycles. The monoisotopic (exact) mass is 414 g/mol. The lowest BCUT2D eigenvalue weighted by Gasteiger charge is -2.31. The summed E-state index contributed by atoms with van der Waals surface area (Å²) in [7, 11) is -3.20. The van der Waals surface area contributed by atoms with Gasteiger partial charge in [-0.05, 0) is 39.9 Å². The highest BCUT2D eigenvalue weighted by Crippen LogP contribution is 2.39.